The van der Waals surface area contributed by atoms with Crippen LogP contribution in [0.3, 0.4) is 0 Å². The number of rotatable bonds is 5. The van der Waals surface area contributed by atoms with E-state index >= 15 is 0 Å². The first-order valence-electron chi connectivity index (χ1n) is 5.68. The maximum atomic E-state index is 11.9. The van der Waals surface area contributed by atoms with Crippen molar-refractivity contribution in [2.45, 2.75) is 32.2 Å². The van der Waals surface area contributed by atoms with E-state index in [4.69, 9.17) is 9.52 Å². The Hall–Kier alpha value is -1.29. The van der Waals surface area contributed by atoms with Crippen LogP contribution in [0.2, 0.25) is 0 Å². The van der Waals surface area contributed by atoms with Gasteiger partial charge in [-0.1, -0.05) is 0 Å². The number of amides is 1. The lowest BCUT2D eigenvalue weighted by molar-refractivity contribution is 0.0923. The minimum atomic E-state index is -0.100. The molecule has 2 rings (SSSR count). The van der Waals surface area contributed by atoms with Crippen molar-refractivity contribution in [3.63, 3.8) is 0 Å². The molecule has 0 spiro atoms. The summed E-state index contributed by atoms with van der Waals surface area (Å²) < 4.78 is 5.09. The minimum absolute atomic E-state index is 0.100. The number of hydrogen-bond acceptors (Lipinski definition) is 3. The number of hydrogen-bond donors (Lipinski definition) is 2. The molecule has 1 saturated carbocycles. The second-order valence-electron chi connectivity index (χ2n) is 4.32. The van der Waals surface area contributed by atoms with Gasteiger partial charge < -0.3 is 14.8 Å². The third-order valence-electron chi connectivity index (χ3n) is 3.05. The summed E-state index contributed by atoms with van der Waals surface area (Å²) in [6, 6.07) is 1.78. The molecular formula is C12H17NO3. The van der Waals surface area contributed by atoms with E-state index in [1.165, 1.54) is 6.26 Å². The highest BCUT2D eigenvalue weighted by atomic mass is 16.3. The summed E-state index contributed by atoms with van der Waals surface area (Å²) in [7, 11) is 0. The fraction of sp³-hybridized carbons (Fsp3) is 0.583. The Labute approximate surface area is 94.6 Å². The predicted molar refractivity (Wildman–Crippen MR) is 59.1 cm³/mol. The van der Waals surface area contributed by atoms with Crippen molar-refractivity contribution in [1.82, 2.24) is 5.32 Å². The van der Waals surface area contributed by atoms with Crippen molar-refractivity contribution >= 4 is 5.91 Å². The molecule has 1 aromatic heterocycles. The van der Waals surface area contributed by atoms with E-state index in [-0.39, 0.29) is 18.6 Å². The molecule has 1 aromatic rings. The lowest BCUT2D eigenvalue weighted by atomic mass is 10.1. The van der Waals surface area contributed by atoms with Crippen LogP contribution in [0.1, 0.15) is 35.4 Å². The summed E-state index contributed by atoms with van der Waals surface area (Å²) >= 11 is 0. The highest BCUT2D eigenvalue weighted by molar-refractivity contribution is 5.95. The molecule has 0 aliphatic heterocycles. The molecule has 1 amide bonds. The first kappa shape index (κ1) is 11.2. The van der Waals surface area contributed by atoms with Crippen LogP contribution in [0.5, 0.6) is 0 Å². The Kier molecular flexibility index (Phi) is 3.29. The molecule has 1 atom stereocenters. The smallest absolute Gasteiger partial charge is 0.255 e. The van der Waals surface area contributed by atoms with Gasteiger partial charge in [-0.3, -0.25) is 4.79 Å². The zero-order valence-corrected chi connectivity index (χ0v) is 9.40. The molecular weight excluding hydrogens is 206 g/mol. The van der Waals surface area contributed by atoms with Crippen LogP contribution in [0, 0.1) is 12.8 Å². The normalized spacial score (nSPS) is 17.1. The van der Waals surface area contributed by atoms with Crippen molar-refractivity contribution in [2.75, 3.05) is 6.61 Å². The van der Waals surface area contributed by atoms with Gasteiger partial charge in [0.15, 0.2) is 0 Å². The van der Waals surface area contributed by atoms with Gasteiger partial charge >= 0.3 is 0 Å². The first-order valence-corrected chi connectivity index (χ1v) is 5.68. The third kappa shape index (κ3) is 2.44. The summed E-state index contributed by atoms with van der Waals surface area (Å²) in [4.78, 5) is 11.9. The monoisotopic (exact) mass is 223 g/mol. The topological polar surface area (TPSA) is 62.5 Å². The standard InChI is InChI=1S/C12H17NO3/c1-8-10(5-7-16-8)12(15)13-11(4-6-14)9-2-3-9/h5,7,9,11,14H,2-4,6H2,1H3,(H,13,15). The Morgan fingerprint density at radius 2 is 2.44 bits per heavy atom. The second-order valence-corrected chi connectivity index (χ2v) is 4.32. The van der Waals surface area contributed by atoms with Gasteiger partial charge in [0.25, 0.3) is 5.91 Å². The first-order chi connectivity index (χ1) is 7.72. The van der Waals surface area contributed by atoms with Crippen molar-refractivity contribution < 1.29 is 14.3 Å². The highest BCUT2D eigenvalue weighted by Crippen LogP contribution is 2.34. The molecule has 0 radical (unpaired) electrons. The lowest BCUT2D eigenvalue weighted by Gasteiger charge is -2.16. The van der Waals surface area contributed by atoms with Crippen LogP contribution in [0.25, 0.3) is 0 Å². The average Bonchev–Trinajstić information content (AvgIpc) is 3.00. The summed E-state index contributed by atoms with van der Waals surface area (Å²) in [5.41, 5.74) is 0.587. The van der Waals surface area contributed by atoms with Crippen molar-refractivity contribution in [3.8, 4) is 0 Å². The van der Waals surface area contributed by atoms with Gasteiger partial charge in [0.2, 0.25) is 0 Å². The van der Waals surface area contributed by atoms with Gasteiger partial charge in [0.05, 0.1) is 11.8 Å². The molecule has 1 fully saturated rings. The van der Waals surface area contributed by atoms with Crippen molar-refractivity contribution in [3.05, 3.63) is 23.7 Å². The van der Waals surface area contributed by atoms with Crippen LogP contribution >= 0.6 is 0 Å². The molecule has 1 heterocycles. The van der Waals surface area contributed by atoms with Gasteiger partial charge in [-0.25, -0.2) is 0 Å². The molecule has 1 aliphatic rings. The second kappa shape index (κ2) is 4.70. The molecule has 0 saturated heterocycles. The Morgan fingerprint density at radius 1 is 1.69 bits per heavy atom. The van der Waals surface area contributed by atoms with Gasteiger partial charge in [0.1, 0.15) is 5.76 Å². The van der Waals surface area contributed by atoms with Crippen LogP contribution in [-0.4, -0.2) is 23.7 Å². The van der Waals surface area contributed by atoms with E-state index in [1.807, 2.05) is 0 Å². The molecule has 88 valence electrons. The summed E-state index contributed by atoms with van der Waals surface area (Å²) in [5.74, 6) is 1.08. The number of aryl methyl sites for hydroxylation is 1. The van der Waals surface area contributed by atoms with Crippen molar-refractivity contribution in [2.24, 2.45) is 5.92 Å². The van der Waals surface area contributed by atoms with Gasteiger partial charge in [-0.2, -0.15) is 0 Å². The van der Waals surface area contributed by atoms with Crippen LogP contribution in [0.4, 0.5) is 0 Å². The van der Waals surface area contributed by atoms with Gasteiger partial charge in [-0.15, -0.1) is 0 Å². The number of aliphatic hydroxyl groups is 1. The zero-order chi connectivity index (χ0) is 11.5. The highest BCUT2D eigenvalue weighted by Gasteiger charge is 2.32. The Bertz CT molecular complexity index is 368. The third-order valence-corrected chi connectivity index (χ3v) is 3.05. The molecule has 0 aromatic carbocycles. The Balaban J connectivity index is 1.97. The molecule has 4 nitrogen and oxygen atoms in total. The summed E-state index contributed by atoms with van der Waals surface area (Å²) in [5, 5.41) is 11.9. The van der Waals surface area contributed by atoms with E-state index in [9.17, 15) is 4.79 Å². The Morgan fingerprint density at radius 3 is 2.94 bits per heavy atom. The van der Waals surface area contributed by atoms with Crippen molar-refractivity contribution in [1.29, 1.82) is 0 Å². The quantitative estimate of drug-likeness (QED) is 0.794. The number of carbonyl (C=O) groups excluding carboxylic acids is 1. The number of aliphatic hydroxyl groups excluding tert-OH is 1. The van der Waals surface area contributed by atoms with E-state index in [0.717, 1.165) is 12.8 Å². The summed E-state index contributed by atoms with van der Waals surface area (Å²) in [6.45, 7) is 1.89. The largest absolute Gasteiger partial charge is 0.469 e. The number of furan rings is 1. The predicted octanol–water partition coefficient (Wildman–Crippen LogP) is 1.48. The van der Waals surface area contributed by atoms with Gasteiger partial charge in [-0.05, 0) is 38.2 Å². The zero-order valence-electron chi connectivity index (χ0n) is 9.40. The SMILES string of the molecule is Cc1occc1C(=O)NC(CCO)C1CC1. The molecule has 4 heteroatoms. The minimum Gasteiger partial charge on any atom is -0.469 e. The van der Waals surface area contributed by atoms with Crippen LogP contribution < -0.4 is 5.32 Å². The van der Waals surface area contributed by atoms with E-state index < -0.39 is 0 Å². The fourth-order valence-corrected chi connectivity index (χ4v) is 1.93. The maximum Gasteiger partial charge on any atom is 0.255 e. The van der Waals surface area contributed by atoms with E-state index in [2.05, 4.69) is 5.32 Å². The van der Waals surface area contributed by atoms with Crippen LogP contribution in [-0.2, 0) is 0 Å². The molecule has 1 unspecified atom stereocenters. The fourth-order valence-electron chi connectivity index (χ4n) is 1.93. The average molecular weight is 223 g/mol. The number of carbonyl (C=O) groups is 1. The number of nitrogens with one attached hydrogen (secondary N) is 1. The molecule has 2 N–H and O–H groups in total. The van der Waals surface area contributed by atoms with E-state index in [0.29, 0.717) is 23.7 Å². The lowest BCUT2D eigenvalue weighted by Crippen LogP contribution is -2.37. The molecule has 16 heavy (non-hydrogen) atoms. The summed E-state index contributed by atoms with van der Waals surface area (Å²) in [6.07, 6.45) is 4.44. The molecule has 1 aliphatic carbocycles. The molecule has 0 bridgehead atoms. The van der Waals surface area contributed by atoms with Crippen LogP contribution in [0.15, 0.2) is 16.7 Å². The van der Waals surface area contributed by atoms with Gasteiger partial charge in [0, 0.05) is 12.6 Å². The van der Waals surface area contributed by atoms with E-state index in [1.54, 1.807) is 13.0 Å². The maximum absolute atomic E-state index is 11.9.